The minimum absolute atomic E-state index is 0.174. The van der Waals surface area contributed by atoms with E-state index >= 15 is 0 Å². The molecule has 3 rings (SSSR count). The molecule has 8 heteroatoms. The Bertz CT molecular complexity index is 775. The lowest BCUT2D eigenvalue weighted by Gasteiger charge is -2.36. The monoisotopic (exact) mass is 386 g/mol. The Morgan fingerprint density at radius 3 is 2.46 bits per heavy atom. The maximum Gasteiger partial charge on any atom is 0.270 e. The van der Waals surface area contributed by atoms with Crippen molar-refractivity contribution in [2.24, 2.45) is 0 Å². The Morgan fingerprint density at radius 2 is 1.79 bits per heavy atom. The Balaban J connectivity index is 1.54. The second kappa shape index (κ2) is 9.45. The summed E-state index contributed by atoms with van der Waals surface area (Å²) in [7, 11) is 4.02. The molecule has 0 atom stereocenters. The van der Waals surface area contributed by atoms with Crippen LogP contribution in [0.15, 0.2) is 36.5 Å². The summed E-state index contributed by atoms with van der Waals surface area (Å²) in [4.78, 5) is 27.5. The first-order chi connectivity index (χ1) is 13.5. The van der Waals surface area contributed by atoms with Crippen LogP contribution in [0.4, 0.5) is 16.0 Å². The number of hydrogen-bond donors (Lipinski definition) is 1. The van der Waals surface area contributed by atoms with Crippen molar-refractivity contribution in [1.29, 1.82) is 0 Å². The van der Waals surface area contributed by atoms with Gasteiger partial charge in [0.05, 0.1) is 0 Å². The number of amides is 1. The Hall–Kier alpha value is -2.74. The molecule has 1 aromatic heterocycles. The molecule has 2 heterocycles. The van der Waals surface area contributed by atoms with Gasteiger partial charge in [-0.1, -0.05) is 0 Å². The van der Waals surface area contributed by atoms with Crippen LogP contribution in [0.5, 0.6) is 0 Å². The minimum Gasteiger partial charge on any atom is -0.368 e. The van der Waals surface area contributed by atoms with Crippen LogP contribution in [-0.4, -0.2) is 74.1 Å². The molecular formula is C20H27FN6O. The van der Waals surface area contributed by atoms with Crippen molar-refractivity contribution >= 4 is 17.5 Å². The van der Waals surface area contributed by atoms with Crippen LogP contribution >= 0.6 is 0 Å². The zero-order valence-electron chi connectivity index (χ0n) is 16.4. The van der Waals surface area contributed by atoms with E-state index in [-0.39, 0.29) is 11.7 Å². The smallest absolute Gasteiger partial charge is 0.270 e. The molecule has 0 saturated carbocycles. The summed E-state index contributed by atoms with van der Waals surface area (Å²) in [5.41, 5.74) is 1.39. The molecule has 1 aliphatic rings. The fraction of sp³-hybridized carbons (Fsp3) is 0.450. The number of rotatable bonds is 7. The van der Waals surface area contributed by atoms with Crippen LogP contribution in [0.2, 0.25) is 0 Å². The highest BCUT2D eigenvalue weighted by Gasteiger charge is 2.20. The molecule has 7 nitrogen and oxygen atoms in total. The number of hydrogen-bond acceptors (Lipinski definition) is 6. The molecule has 28 heavy (non-hydrogen) atoms. The van der Waals surface area contributed by atoms with E-state index in [1.165, 1.54) is 12.1 Å². The molecule has 1 saturated heterocycles. The molecule has 1 fully saturated rings. The summed E-state index contributed by atoms with van der Waals surface area (Å²) in [6.45, 7) is 4.60. The van der Waals surface area contributed by atoms with Crippen LogP contribution in [-0.2, 0) is 0 Å². The Morgan fingerprint density at radius 1 is 1.11 bits per heavy atom. The summed E-state index contributed by atoms with van der Waals surface area (Å²) < 4.78 is 13.1. The number of nitrogens with one attached hydrogen (secondary N) is 1. The molecule has 150 valence electrons. The molecule has 1 aliphatic heterocycles. The van der Waals surface area contributed by atoms with E-state index in [9.17, 15) is 9.18 Å². The summed E-state index contributed by atoms with van der Waals surface area (Å²) in [5.74, 6) is 0.166. The number of halogens is 1. The van der Waals surface area contributed by atoms with Crippen molar-refractivity contribution in [3.8, 4) is 0 Å². The van der Waals surface area contributed by atoms with Gasteiger partial charge in [-0.05, 0) is 57.4 Å². The maximum absolute atomic E-state index is 13.1. The number of aromatic nitrogens is 2. The van der Waals surface area contributed by atoms with Gasteiger partial charge >= 0.3 is 0 Å². The minimum atomic E-state index is -0.229. The molecule has 1 aromatic carbocycles. The average molecular weight is 386 g/mol. The van der Waals surface area contributed by atoms with E-state index in [0.29, 0.717) is 18.2 Å². The SMILES string of the molecule is CN(C)CCCNC(=O)c1ccnc(N2CCN(c3ccc(F)cc3)CC2)n1. The van der Waals surface area contributed by atoms with Gasteiger partial charge in [-0.2, -0.15) is 0 Å². The van der Waals surface area contributed by atoms with Crippen molar-refractivity contribution in [1.82, 2.24) is 20.2 Å². The molecule has 1 amide bonds. The van der Waals surface area contributed by atoms with Gasteiger partial charge in [-0.25, -0.2) is 14.4 Å². The molecule has 0 bridgehead atoms. The number of carbonyl (C=O) groups excluding carboxylic acids is 1. The van der Waals surface area contributed by atoms with Crippen LogP contribution in [0.25, 0.3) is 0 Å². The molecular weight excluding hydrogens is 359 g/mol. The largest absolute Gasteiger partial charge is 0.368 e. The molecule has 0 unspecified atom stereocenters. The zero-order chi connectivity index (χ0) is 19.9. The normalized spacial score (nSPS) is 14.4. The second-order valence-electron chi connectivity index (χ2n) is 7.11. The Kier molecular flexibility index (Phi) is 6.76. The highest BCUT2D eigenvalue weighted by molar-refractivity contribution is 5.92. The molecule has 0 spiro atoms. The summed E-state index contributed by atoms with van der Waals surface area (Å²) >= 11 is 0. The van der Waals surface area contributed by atoms with Gasteiger partial charge in [0, 0.05) is 44.6 Å². The average Bonchev–Trinajstić information content (AvgIpc) is 2.72. The van der Waals surface area contributed by atoms with Gasteiger partial charge in [0.1, 0.15) is 11.5 Å². The number of benzene rings is 1. The third-order valence-electron chi connectivity index (χ3n) is 4.70. The van der Waals surface area contributed by atoms with Gasteiger partial charge in [0.25, 0.3) is 5.91 Å². The highest BCUT2D eigenvalue weighted by atomic mass is 19.1. The molecule has 2 aromatic rings. The first-order valence-corrected chi connectivity index (χ1v) is 9.54. The Labute approximate surface area is 165 Å². The van der Waals surface area contributed by atoms with Crippen molar-refractivity contribution in [2.75, 3.05) is 63.2 Å². The summed E-state index contributed by atoms with van der Waals surface area (Å²) in [6.07, 6.45) is 2.52. The van der Waals surface area contributed by atoms with Crippen LogP contribution in [0, 0.1) is 5.82 Å². The first kappa shape index (κ1) is 20.0. The summed E-state index contributed by atoms with van der Waals surface area (Å²) in [5, 5.41) is 2.90. The van der Waals surface area contributed by atoms with Crippen molar-refractivity contribution in [2.45, 2.75) is 6.42 Å². The second-order valence-corrected chi connectivity index (χ2v) is 7.11. The van der Waals surface area contributed by atoms with Crippen molar-refractivity contribution in [3.05, 3.63) is 48.0 Å². The van der Waals surface area contributed by atoms with Crippen molar-refractivity contribution < 1.29 is 9.18 Å². The van der Waals surface area contributed by atoms with Gasteiger partial charge < -0.3 is 20.0 Å². The fourth-order valence-electron chi connectivity index (χ4n) is 3.13. The van der Waals surface area contributed by atoms with E-state index in [2.05, 4.69) is 30.0 Å². The quantitative estimate of drug-likeness (QED) is 0.730. The number of carbonyl (C=O) groups is 1. The van der Waals surface area contributed by atoms with Gasteiger partial charge in [-0.15, -0.1) is 0 Å². The number of piperazine rings is 1. The molecule has 1 N–H and O–H groups in total. The van der Waals surface area contributed by atoms with Gasteiger partial charge in [-0.3, -0.25) is 4.79 Å². The lowest BCUT2D eigenvalue weighted by Crippen LogP contribution is -2.47. The van der Waals surface area contributed by atoms with E-state index in [1.54, 1.807) is 24.4 Å². The molecule has 0 radical (unpaired) electrons. The standard InChI is InChI=1S/C20H27FN6O/c1-25(2)11-3-9-22-19(28)18-8-10-23-20(24-18)27-14-12-26(13-15-27)17-6-4-16(21)5-7-17/h4-8,10H,3,9,11-15H2,1-2H3,(H,22,28). The predicted molar refractivity (Wildman–Crippen MR) is 108 cm³/mol. The van der Waals surface area contributed by atoms with Crippen molar-refractivity contribution in [3.63, 3.8) is 0 Å². The lowest BCUT2D eigenvalue weighted by molar-refractivity contribution is 0.0947. The molecule has 0 aliphatic carbocycles. The van der Waals surface area contributed by atoms with Gasteiger partial charge in [0.15, 0.2) is 0 Å². The fourth-order valence-corrected chi connectivity index (χ4v) is 3.13. The van der Waals surface area contributed by atoms with E-state index in [0.717, 1.165) is 44.8 Å². The highest BCUT2D eigenvalue weighted by Crippen LogP contribution is 2.18. The predicted octanol–water partition coefficient (Wildman–Crippen LogP) is 1.62. The topological polar surface area (TPSA) is 64.6 Å². The van der Waals surface area contributed by atoms with E-state index < -0.39 is 0 Å². The third-order valence-corrected chi connectivity index (χ3v) is 4.70. The third kappa shape index (κ3) is 5.39. The maximum atomic E-state index is 13.1. The van der Waals surface area contributed by atoms with E-state index in [1.807, 2.05) is 14.1 Å². The lowest BCUT2D eigenvalue weighted by atomic mass is 10.2. The van der Waals surface area contributed by atoms with E-state index in [4.69, 9.17) is 0 Å². The zero-order valence-corrected chi connectivity index (χ0v) is 16.4. The number of nitrogens with zero attached hydrogens (tertiary/aromatic N) is 5. The van der Waals surface area contributed by atoms with Gasteiger partial charge in [0.2, 0.25) is 5.95 Å². The number of anilines is 2. The van der Waals surface area contributed by atoms with Crippen LogP contribution < -0.4 is 15.1 Å². The summed E-state index contributed by atoms with van der Waals surface area (Å²) in [6, 6.07) is 8.18. The van der Waals surface area contributed by atoms with Crippen LogP contribution in [0.1, 0.15) is 16.9 Å². The first-order valence-electron chi connectivity index (χ1n) is 9.54. The van der Waals surface area contributed by atoms with Crippen LogP contribution in [0.3, 0.4) is 0 Å².